The fourth-order valence-corrected chi connectivity index (χ4v) is 2.97. The third-order valence-electron chi connectivity index (χ3n) is 4.02. The Bertz CT molecular complexity index is 444. The number of likely N-dealkylation sites (tertiary alicyclic amines) is 1. The molecule has 1 aromatic carbocycles. The van der Waals surface area contributed by atoms with E-state index in [1.54, 1.807) is 6.92 Å². The third-order valence-corrected chi connectivity index (χ3v) is 4.02. The van der Waals surface area contributed by atoms with Gasteiger partial charge in [-0.05, 0) is 38.2 Å². The van der Waals surface area contributed by atoms with Gasteiger partial charge in [0.15, 0.2) is 0 Å². The molecule has 3 nitrogen and oxygen atoms in total. The van der Waals surface area contributed by atoms with Crippen molar-refractivity contribution in [2.45, 2.75) is 45.7 Å². The molecule has 0 saturated carbocycles. The summed E-state index contributed by atoms with van der Waals surface area (Å²) >= 11 is 0. The van der Waals surface area contributed by atoms with Crippen LogP contribution in [-0.4, -0.2) is 23.4 Å². The number of benzene rings is 1. The van der Waals surface area contributed by atoms with Gasteiger partial charge in [-0.2, -0.15) is 0 Å². The number of rotatable bonds is 2. The molecular formula is C16H25ClN2O. The number of piperidine rings is 1. The van der Waals surface area contributed by atoms with E-state index in [0.717, 1.165) is 13.0 Å². The first-order chi connectivity index (χ1) is 9.00. The lowest BCUT2D eigenvalue weighted by Crippen LogP contribution is -2.48. The van der Waals surface area contributed by atoms with Crippen molar-refractivity contribution >= 4 is 18.3 Å². The number of hydrogen-bond donors (Lipinski definition) is 1. The van der Waals surface area contributed by atoms with Crippen LogP contribution >= 0.6 is 12.4 Å². The van der Waals surface area contributed by atoms with Crippen LogP contribution in [0.1, 0.15) is 43.9 Å². The quantitative estimate of drug-likeness (QED) is 0.912. The van der Waals surface area contributed by atoms with Crippen LogP contribution in [-0.2, 0) is 4.79 Å². The Labute approximate surface area is 127 Å². The number of carbonyl (C=O) groups excluding carboxylic acids is 1. The van der Waals surface area contributed by atoms with Gasteiger partial charge in [-0.15, -0.1) is 12.4 Å². The van der Waals surface area contributed by atoms with Crippen LogP contribution < -0.4 is 5.73 Å². The number of amides is 1. The lowest BCUT2D eigenvalue weighted by Gasteiger charge is -2.41. The summed E-state index contributed by atoms with van der Waals surface area (Å²) in [7, 11) is 0. The van der Waals surface area contributed by atoms with Crippen LogP contribution in [0.25, 0.3) is 0 Å². The van der Waals surface area contributed by atoms with Crippen LogP contribution in [0, 0.1) is 12.8 Å². The van der Waals surface area contributed by atoms with Gasteiger partial charge in [-0.1, -0.05) is 36.8 Å². The average molecular weight is 297 g/mol. The van der Waals surface area contributed by atoms with E-state index in [9.17, 15) is 4.79 Å². The molecule has 1 aliphatic heterocycles. The number of nitrogens with two attached hydrogens (primary N) is 1. The van der Waals surface area contributed by atoms with Crippen LogP contribution in [0.5, 0.6) is 0 Å². The SMILES string of the molecule is Cc1ccc(C2C(C)CCCN2C(=O)[C@@H](C)N)cc1.Cl. The van der Waals surface area contributed by atoms with E-state index in [1.807, 2.05) is 4.90 Å². The Morgan fingerprint density at radius 3 is 2.50 bits per heavy atom. The second-order valence-electron chi connectivity index (χ2n) is 5.80. The zero-order valence-corrected chi connectivity index (χ0v) is 13.3. The van der Waals surface area contributed by atoms with Crippen LogP contribution in [0.15, 0.2) is 24.3 Å². The summed E-state index contributed by atoms with van der Waals surface area (Å²) in [6.45, 7) is 6.90. The summed E-state index contributed by atoms with van der Waals surface area (Å²) in [5.74, 6) is 0.552. The smallest absolute Gasteiger partial charge is 0.239 e. The van der Waals surface area contributed by atoms with Gasteiger partial charge in [0.2, 0.25) is 5.91 Å². The molecule has 112 valence electrons. The number of halogens is 1. The highest BCUT2D eigenvalue weighted by Crippen LogP contribution is 2.36. The monoisotopic (exact) mass is 296 g/mol. The van der Waals surface area contributed by atoms with Crippen molar-refractivity contribution in [3.8, 4) is 0 Å². The summed E-state index contributed by atoms with van der Waals surface area (Å²) in [6.07, 6.45) is 2.24. The molecule has 1 aromatic rings. The Hall–Kier alpha value is -1.06. The number of hydrogen-bond acceptors (Lipinski definition) is 2. The van der Waals surface area contributed by atoms with Gasteiger partial charge in [0.05, 0.1) is 12.1 Å². The molecular weight excluding hydrogens is 272 g/mol. The van der Waals surface area contributed by atoms with Crippen LogP contribution in [0.2, 0.25) is 0 Å². The van der Waals surface area contributed by atoms with Gasteiger partial charge in [0, 0.05) is 6.54 Å². The highest BCUT2D eigenvalue weighted by Gasteiger charge is 2.33. The van der Waals surface area contributed by atoms with Crippen LogP contribution in [0.4, 0.5) is 0 Å². The molecule has 0 radical (unpaired) electrons. The minimum absolute atomic E-state index is 0. The Morgan fingerprint density at radius 1 is 1.35 bits per heavy atom. The van der Waals surface area contributed by atoms with Crippen molar-refractivity contribution < 1.29 is 4.79 Å². The summed E-state index contributed by atoms with van der Waals surface area (Å²) in [5, 5.41) is 0. The van der Waals surface area contributed by atoms with Crippen molar-refractivity contribution in [2.24, 2.45) is 11.7 Å². The molecule has 0 aromatic heterocycles. The maximum atomic E-state index is 12.3. The molecule has 2 rings (SSSR count). The highest BCUT2D eigenvalue weighted by molar-refractivity contribution is 5.85. The van der Waals surface area contributed by atoms with Gasteiger partial charge in [-0.3, -0.25) is 4.79 Å². The highest BCUT2D eigenvalue weighted by atomic mass is 35.5. The second kappa shape index (κ2) is 7.09. The minimum Gasteiger partial charge on any atom is -0.334 e. The second-order valence-corrected chi connectivity index (χ2v) is 5.80. The predicted molar refractivity (Wildman–Crippen MR) is 84.9 cm³/mol. The van der Waals surface area contributed by atoms with E-state index in [1.165, 1.54) is 17.5 Å². The fraction of sp³-hybridized carbons (Fsp3) is 0.562. The molecule has 1 heterocycles. The van der Waals surface area contributed by atoms with Crippen LogP contribution in [0.3, 0.4) is 0 Å². The third kappa shape index (κ3) is 3.53. The maximum Gasteiger partial charge on any atom is 0.239 e. The lowest BCUT2D eigenvalue weighted by molar-refractivity contribution is -0.137. The van der Waals surface area contributed by atoms with Gasteiger partial charge >= 0.3 is 0 Å². The molecule has 3 atom stereocenters. The summed E-state index contributed by atoms with van der Waals surface area (Å²) in [5.41, 5.74) is 8.26. The molecule has 4 heteroatoms. The molecule has 2 unspecified atom stereocenters. The molecule has 1 amide bonds. The zero-order chi connectivity index (χ0) is 14.0. The van der Waals surface area contributed by atoms with Crippen molar-refractivity contribution in [3.63, 3.8) is 0 Å². The van der Waals surface area contributed by atoms with E-state index in [0.29, 0.717) is 5.92 Å². The summed E-state index contributed by atoms with van der Waals surface area (Å²) < 4.78 is 0. The van der Waals surface area contributed by atoms with E-state index in [4.69, 9.17) is 5.73 Å². The van der Waals surface area contributed by atoms with Gasteiger partial charge < -0.3 is 10.6 Å². The molecule has 0 bridgehead atoms. The first kappa shape index (κ1) is 17.0. The summed E-state index contributed by atoms with van der Waals surface area (Å²) in [4.78, 5) is 14.3. The number of carbonyl (C=O) groups is 1. The van der Waals surface area contributed by atoms with E-state index < -0.39 is 6.04 Å². The van der Waals surface area contributed by atoms with E-state index in [-0.39, 0.29) is 24.4 Å². The molecule has 20 heavy (non-hydrogen) atoms. The molecule has 1 fully saturated rings. The molecule has 1 saturated heterocycles. The Kier molecular flexibility index (Phi) is 6.03. The molecule has 0 spiro atoms. The molecule has 2 N–H and O–H groups in total. The first-order valence-electron chi connectivity index (χ1n) is 7.13. The van der Waals surface area contributed by atoms with Crippen molar-refractivity contribution in [1.29, 1.82) is 0 Å². The minimum atomic E-state index is -0.418. The van der Waals surface area contributed by atoms with Crippen molar-refractivity contribution in [1.82, 2.24) is 4.90 Å². The van der Waals surface area contributed by atoms with E-state index >= 15 is 0 Å². The normalized spacial score (nSPS) is 23.9. The molecule has 1 aliphatic rings. The topological polar surface area (TPSA) is 46.3 Å². The van der Waals surface area contributed by atoms with E-state index in [2.05, 4.69) is 38.1 Å². The average Bonchev–Trinajstić information content (AvgIpc) is 2.39. The van der Waals surface area contributed by atoms with Gasteiger partial charge in [0.25, 0.3) is 0 Å². The Morgan fingerprint density at radius 2 is 1.95 bits per heavy atom. The van der Waals surface area contributed by atoms with Gasteiger partial charge in [-0.25, -0.2) is 0 Å². The summed E-state index contributed by atoms with van der Waals surface area (Å²) in [6, 6.07) is 8.27. The first-order valence-corrected chi connectivity index (χ1v) is 7.13. The molecule has 0 aliphatic carbocycles. The number of aryl methyl sites for hydroxylation is 1. The van der Waals surface area contributed by atoms with Gasteiger partial charge in [0.1, 0.15) is 0 Å². The fourth-order valence-electron chi connectivity index (χ4n) is 2.97. The Balaban J connectivity index is 0.00000200. The van der Waals surface area contributed by atoms with Crippen molar-refractivity contribution in [2.75, 3.05) is 6.54 Å². The standard InChI is InChI=1S/C16H24N2O.ClH/c1-11-6-8-14(9-7-11)15-12(2)5-4-10-18(15)16(19)13(3)17;/h6-9,12-13,15H,4-5,10,17H2,1-3H3;1H/t12?,13-,15?;/m1./s1. The lowest BCUT2D eigenvalue weighted by atomic mass is 9.85. The zero-order valence-electron chi connectivity index (χ0n) is 12.5. The maximum absolute atomic E-state index is 12.3. The predicted octanol–water partition coefficient (Wildman–Crippen LogP) is 3.06. The number of nitrogens with zero attached hydrogens (tertiary/aromatic N) is 1. The van der Waals surface area contributed by atoms with Crippen molar-refractivity contribution in [3.05, 3.63) is 35.4 Å². The largest absolute Gasteiger partial charge is 0.334 e.